The van der Waals surface area contributed by atoms with Crippen LogP contribution in [0.4, 0.5) is 0 Å². The lowest BCUT2D eigenvalue weighted by atomic mass is 9.93. The minimum absolute atomic E-state index is 0.136. The highest BCUT2D eigenvalue weighted by atomic mass is 35.5. The topological polar surface area (TPSA) is 29.1 Å². The fourth-order valence-corrected chi connectivity index (χ4v) is 2.86. The lowest BCUT2D eigenvalue weighted by Gasteiger charge is -2.29. The standard InChI is InChI=1S/C14H26ClNO/c1-3-5-8-11(4-2)14(17)16-13-10-7-6-9-12(13)15/h11-13H,3-10H2,1-2H3,(H,16,17). The Morgan fingerprint density at radius 2 is 2.06 bits per heavy atom. The molecule has 17 heavy (non-hydrogen) atoms. The number of alkyl halides is 1. The molecule has 0 heterocycles. The van der Waals surface area contributed by atoms with Gasteiger partial charge >= 0.3 is 0 Å². The molecule has 0 aliphatic heterocycles. The molecule has 3 heteroatoms. The van der Waals surface area contributed by atoms with Crippen LogP contribution in [0.25, 0.3) is 0 Å². The maximum Gasteiger partial charge on any atom is 0.223 e. The summed E-state index contributed by atoms with van der Waals surface area (Å²) in [7, 11) is 0. The van der Waals surface area contributed by atoms with E-state index in [1.807, 2.05) is 0 Å². The number of halogens is 1. The molecule has 0 aromatic carbocycles. The molecule has 3 unspecified atom stereocenters. The summed E-state index contributed by atoms with van der Waals surface area (Å²) in [6, 6.07) is 0.202. The smallest absolute Gasteiger partial charge is 0.223 e. The monoisotopic (exact) mass is 259 g/mol. The predicted octanol–water partition coefficient (Wildman–Crippen LogP) is 3.87. The normalized spacial score (nSPS) is 26.5. The van der Waals surface area contributed by atoms with E-state index in [-0.39, 0.29) is 23.2 Å². The van der Waals surface area contributed by atoms with Crippen molar-refractivity contribution in [2.45, 2.75) is 76.6 Å². The molecule has 100 valence electrons. The van der Waals surface area contributed by atoms with Crippen LogP contribution >= 0.6 is 11.6 Å². The van der Waals surface area contributed by atoms with Gasteiger partial charge in [-0.3, -0.25) is 4.79 Å². The summed E-state index contributed by atoms with van der Waals surface area (Å²) < 4.78 is 0. The number of amides is 1. The maximum absolute atomic E-state index is 12.1. The van der Waals surface area contributed by atoms with E-state index in [9.17, 15) is 4.79 Å². The van der Waals surface area contributed by atoms with E-state index < -0.39 is 0 Å². The zero-order chi connectivity index (χ0) is 12.7. The number of hydrogen-bond acceptors (Lipinski definition) is 1. The molecule has 0 bridgehead atoms. The first-order chi connectivity index (χ1) is 8.19. The maximum atomic E-state index is 12.1. The third kappa shape index (κ3) is 4.87. The second-order valence-corrected chi connectivity index (χ2v) is 5.72. The number of hydrogen-bond donors (Lipinski definition) is 1. The summed E-state index contributed by atoms with van der Waals surface area (Å²) in [6.45, 7) is 4.26. The third-order valence-corrected chi connectivity index (χ3v) is 4.30. The predicted molar refractivity (Wildman–Crippen MR) is 73.3 cm³/mol. The van der Waals surface area contributed by atoms with Crippen LogP contribution in [0.3, 0.4) is 0 Å². The molecule has 1 saturated carbocycles. The Balaban J connectivity index is 2.39. The van der Waals surface area contributed by atoms with Crippen molar-refractivity contribution in [1.29, 1.82) is 0 Å². The quantitative estimate of drug-likeness (QED) is 0.721. The summed E-state index contributed by atoms with van der Waals surface area (Å²) in [6.07, 6.45) is 8.73. The molecular weight excluding hydrogens is 234 g/mol. The van der Waals surface area contributed by atoms with Crippen LogP contribution < -0.4 is 5.32 Å². The van der Waals surface area contributed by atoms with Gasteiger partial charge in [0.15, 0.2) is 0 Å². The first-order valence-corrected chi connectivity index (χ1v) is 7.57. The van der Waals surface area contributed by atoms with Gasteiger partial charge in [0.25, 0.3) is 0 Å². The third-order valence-electron chi connectivity index (χ3n) is 3.78. The minimum Gasteiger partial charge on any atom is -0.352 e. The molecule has 0 spiro atoms. The summed E-state index contributed by atoms with van der Waals surface area (Å²) in [5.74, 6) is 0.402. The SMILES string of the molecule is CCCCC(CC)C(=O)NC1CCCCC1Cl. The molecule has 0 aromatic heterocycles. The van der Waals surface area contributed by atoms with Crippen molar-refractivity contribution >= 4 is 17.5 Å². The van der Waals surface area contributed by atoms with Crippen LogP contribution in [0.5, 0.6) is 0 Å². The number of nitrogens with one attached hydrogen (secondary N) is 1. The highest BCUT2D eigenvalue weighted by Gasteiger charge is 2.26. The zero-order valence-corrected chi connectivity index (χ0v) is 11.9. The largest absolute Gasteiger partial charge is 0.352 e. The van der Waals surface area contributed by atoms with Gasteiger partial charge in [-0.1, -0.05) is 39.5 Å². The Hall–Kier alpha value is -0.240. The zero-order valence-electron chi connectivity index (χ0n) is 11.2. The number of unbranched alkanes of at least 4 members (excludes halogenated alkanes) is 1. The number of carbonyl (C=O) groups is 1. The van der Waals surface area contributed by atoms with Gasteiger partial charge in [-0.25, -0.2) is 0 Å². The Morgan fingerprint density at radius 3 is 2.65 bits per heavy atom. The Kier molecular flexibility index (Phi) is 6.94. The average molecular weight is 260 g/mol. The van der Waals surface area contributed by atoms with Gasteiger partial charge in [-0.2, -0.15) is 0 Å². The van der Waals surface area contributed by atoms with Gasteiger partial charge < -0.3 is 5.32 Å². The Bertz CT molecular complexity index is 232. The van der Waals surface area contributed by atoms with E-state index in [2.05, 4.69) is 19.2 Å². The van der Waals surface area contributed by atoms with Crippen LogP contribution in [0, 0.1) is 5.92 Å². The van der Waals surface area contributed by atoms with E-state index in [0.29, 0.717) is 0 Å². The van der Waals surface area contributed by atoms with Crippen molar-refractivity contribution in [3.8, 4) is 0 Å². The first-order valence-electron chi connectivity index (χ1n) is 7.13. The van der Waals surface area contributed by atoms with Crippen LogP contribution in [-0.4, -0.2) is 17.3 Å². The number of rotatable bonds is 6. The molecule has 1 amide bonds. The van der Waals surface area contributed by atoms with Crippen LogP contribution in [0.2, 0.25) is 0 Å². The van der Waals surface area contributed by atoms with E-state index in [1.165, 1.54) is 12.8 Å². The van der Waals surface area contributed by atoms with Crippen molar-refractivity contribution in [2.24, 2.45) is 5.92 Å². The van der Waals surface area contributed by atoms with Crippen molar-refractivity contribution < 1.29 is 4.79 Å². The fourth-order valence-electron chi connectivity index (χ4n) is 2.52. The summed E-state index contributed by atoms with van der Waals surface area (Å²) in [4.78, 5) is 12.1. The number of carbonyl (C=O) groups excluding carboxylic acids is 1. The lowest BCUT2D eigenvalue weighted by Crippen LogP contribution is -2.45. The van der Waals surface area contributed by atoms with Crippen molar-refractivity contribution in [3.05, 3.63) is 0 Å². The lowest BCUT2D eigenvalue weighted by molar-refractivity contribution is -0.126. The molecule has 2 nitrogen and oxygen atoms in total. The van der Waals surface area contributed by atoms with E-state index in [0.717, 1.165) is 38.5 Å². The molecule has 1 rings (SSSR count). The molecule has 1 aliphatic carbocycles. The van der Waals surface area contributed by atoms with E-state index in [1.54, 1.807) is 0 Å². The van der Waals surface area contributed by atoms with Crippen LogP contribution in [-0.2, 0) is 4.79 Å². The molecule has 0 aromatic rings. The van der Waals surface area contributed by atoms with Crippen LogP contribution in [0.1, 0.15) is 65.2 Å². The fraction of sp³-hybridized carbons (Fsp3) is 0.929. The molecule has 1 aliphatic rings. The van der Waals surface area contributed by atoms with Crippen molar-refractivity contribution in [1.82, 2.24) is 5.32 Å². The Morgan fingerprint density at radius 1 is 1.35 bits per heavy atom. The Labute approximate surface area is 110 Å². The minimum atomic E-state index is 0.136. The second-order valence-electron chi connectivity index (χ2n) is 5.16. The van der Waals surface area contributed by atoms with Crippen molar-refractivity contribution in [3.63, 3.8) is 0 Å². The summed E-state index contributed by atoms with van der Waals surface area (Å²) in [5.41, 5.74) is 0. The summed E-state index contributed by atoms with van der Waals surface area (Å²) in [5, 5.41) is 3.29. The first kappa shape index (κ1) is 14.8. The molecule has 0 radical (unpaired) electrons. The van der Waals surface area contributed by atoms with Gasteiger partial charge in [0.1, 0.15) is 0 Å². The van der Waals surface area contributed by atoms with Gasteiger partial charge in [0, 0.05) is 12.0 Å². The van der Waals surface area contributed by atoms with E-state index >= 15 is 0 Å². The molecular formula is C14H26ClNO. The van der Waals surface area contributed by atoms with Gasteiger partial charge in [-0.15, -0.1) is 11.6 Å². The van der Waals surface area contributed by atoms with Gasteiger partial charge in [0.05, 0.1) is 5.38 Å². The van der Waals surface area contributed by atoms with Crippen molar-refractivity contribution in [2.75, 3.05) is 0 Å². The molecule has 3 atom stereocenters. The molecule has 1 N–H and O–H groups in total. The average Bonchev–Trinajstić information content (AvgIpc) is 2.33. The molecule has 0 saturated heterocycles. The van der Waals surface area contributed by atoms with Crippen LogP contribution in [0.15, 0.2) is 0 Å². The highest BCUT2D eigenvalue weighted by molar-refractivity contribution is 6.21. The highest BCUT2D eigenvalue weighted by Crippen LogP contribution is 2.24. The van der Waals surface area contributed by atoms with Gasteiger partial charge in [0.2, 0.25) is 5.91 Å². The summed E-state index contributed by atoms with van der Waals surface area (Å²) >= 11 is 6.26. The van der Waals surface area contributed by atoms with E-state index in [4.69, 9.17) is 11.6 Å². The molecule has 1 fully saturated rings. The second kappa shape index (κ2) is 7.97. The van der Waals surface area contributed by atoms with Gasteiger partial charge in [-0.05, 0) is 25.7 Å².